The largest absolute Gasteiger partial charge is 0.484 e. The average molecular weight is 505 g/mol. The van der Waals surface area contributed by atoms with E-state index in [1.165, 1.54) is 24.3 Å². The second-order valence-electron chi connectivity index (χ2n) is 6.71. The van der Waals surface area contributed by atoms with Crippen molar-refractivity contribution < 1.29 is 37.7 Å². The molecular weight excluding hydrogens is 485 g/mol. The van der Waals surface area contributed by atoms with Crippen LogP contribution < -0.4 is 20.1 Å². The number of rotatable bonds is 12. The molecule has 0 aromatic heterocycles. The molecule has 8 nitrogen and oxygen atoms in total. The van der Waals surface area contributed by atoms with Crippen LogP contribution in [0.1, 0.15) is 6.42 Å². The van der Waals surface area contributed by atoms with Crippen molar-refractivity contribution in [1.82, 2.24) is 10.6 Å². The maximum absolute atomic E-state index is 13.4. The summed E-state index contributed by atoms with van der Waals surface area (Å²) in [5.74, 6) is -4.48. The first-order valence-corrected chi connectivity index (χ1v) is 10.3. The predicted octanol–water partition coefficient (Wildman–Crippen LogP) is 3.05. The summed E-state index contributed by atoms with van der Waals surface area (Å²) in [7, 11) is 0. The lowest BCUT2D eigenvalue weighted by atomic mass is 10.1. The van der Waals surface area contributed by atoms with Crippen molar-refractivity contribution in [2.45, 2.75) is 6.42 Å². The van der Waals surface area contributed by atoms with Crippen LogP contribution in [-0.2, 0) is 14.4 Å². The van der Waals surface area contributed by atoms with Gasteiger partial charge in [-0.1, -0.05) is 23.2 Å². The van der Waals surface area contributed by atoms with E-state index in [9.17, 15) is 28.3 Å². The maximum atomic E-state index is 13.4. The summed E-state index contributed by atoms with van der Waals surface area (Å²) < 4.78 is 37.0. The van der Waals surface area contributed by atoms with Crippen LogP contribution in [0, 0.1) is 17.6 Å². The van der Waals surface area contributed by atoms with Gasteiger partial charge in [0.2, 0.25) is 0 Å². The van der Waals surface area contributed by atoms with Crippen LogP contribution in [0.5, 0.6) is 11.5 Å². The molecule has 2 aromatic rings. The van der Waals surface area contributed by atoms with Crippen LogP contribution >= 0.6 is 23.2 Å². The van der Waals surface area contributed by atoms with Gasteiger partial charge in [-0.05, 0) is 30.7 Å². The van der Waals surface area contributed by atoms with Crippen LogP contribution in [0.25, 0.3) is 0 Å². The highest BCUT2D eigenvalue weighted by atomic mass is 35.5. The van der Waals surface area contributed by atoms with Crippen molar-refractivity contribution >= 4 is 41.0 Å². The van der Waals surface area contributed by atoms with Crippen molar-refractivity contribution in [2.75, 3.05) is 26.3 Å². The fourth-order valence-electron chi connectivity index (χ4n) is 2.47. The highest BCUT2D eigenvalue weighted by molar-refractivity contribution is 6.31. The van der Waals surface area contributed by atoms with Gasteiger partial charge >= 0.3 is 5.97 Å². The van der Waals surface area contributed by atoms with Gasteiger partial charge < -0.3 is 25.2 Å². The van der Waals surface area contributed by atoms with Gasteiger partial charge in [-0.3, -0.25) is 14.4 Å². The van der Waals surface area contributed by atoms with E-state index in [-0.39, 0.29) is 41.1 Å². The topological polar surface area (TPSA) is 114 Å². The molecule has 0 aliphatic carbocycles. The quantitative estimate of drug-likeness (QED) is 0.409. The zero-order valence-electron chi connectivity index (χ0n) is 17.1. The van der Waals surface area contributed by atoms with Gasteiger partial charge in [-0.25, -0.2) is 8.78 Å². The molecule has 0 aliphatic heterocycles. The number of halogens is 4. The Balaban J connectivity index is 1.68. The van der Waals surface area contributed by atoms with E-state index < -0.39 is 48.5 Å². The maximum Gasteiger partial charge on any atom is 0.308 e. The van der Waals surface area contributed by atoms with E-state index >= 15 is 0 Å². The number of hydrogen-bond acceptors (Lipinski definition) is 5. The molecule has 2 aromatic carbocycles. The first-order chi connectivity index (χ1) is 15.7. The zero-order chi connectivity index (χ0) is 24.4. The van der Waals surface area contributed by atoms with E-state index in [1.54, 1.807) is 0 Å². The second-order valence-corrected chi connectivity index (χ2v) is 7.52. The lowest BCUT2D eigenvalue weighted by Gasteiger charge is -2.14. The molecule has 1 unspecified atom stereocenters. The molecule has 0 fully saturated rings. The first kappa shape index (κ1) is 26.1. The Labute approximate surface area is 197 Å². The first-order valence-electron chi connectivity index (χ1n) is 9.57. The highest BCUT2D eigenvalue weighted by Crippen LogP contribution is 2.21. The van der Waals surface area contributed by atoms with Crippen molar-refractivity contribution in [2.24, 2.45) is 5.92 Å². The Bertz CT molecular complexity index is 1010. The van der Waals surface area contributed by atoms with E-state index in [0.717, 1.165) is 12.1 Å². The number of benzene rings is 2. The van der Waals surface area contributed by atoms with Crippen molar-refractivity contribution in [1.29, 1.82) is 0 Å². The van der Waals surface area contributed by atoms with Gasteiger partial charge in [-0.2, -0.15) is 0 Å². The summed E-state index contributed by atoms with van der Waals surface area (Å²) in [5, 5.41) is 14.0. The second kappa shape index (κ2) is 12.8. The average Bonchev–Trinajstić information content (AvgIpc) is 2.77. The van der Waals surface area contributed by atoms with E-state index in [0.29, 0.717) is 0 Å². The third kappa shape index (κ3) is 9.11. The Kier molecular flexibility index (Phi) is 10.1. The fourth-order valence-corrected chi connectivity index (χ4v) is 2.70. The predicted molar refractivity (Wildman–Crippen MR) is 116 cm³/mol. The number of carboxylic acid groups (broad SMARTS) is 1. The third-order valence-electron chi connectivity index (χ3n) is 4.23. The van der Waals surface area contributed by atoms with Crippen molar-refractivity contribution in [3.8, 4) is 11.5 Å². The summed E-state index contributed by atoms with van der Waals surface area (Å²) >= 11 is 11.1. The van der Waals surface area contributed by atoms with Crippen LogP contribution in [0.2, 0.25) is 10.0 Å². The summed E-state index contributed by atoms with van der Waals surface area (Å²) in [6.45, 7) is -1.06. The number of nitrogens with one attached hydrogen (secondary N) is 2. The molecule has 3 N–H and O–H groups in total. The molecule has 0 heterocycles. The summed E-state index contributed by atoms with van der Waals surface area (Å²) in [6, 6.07) is 7.40. The number of aliphatic carboxylic acids is 1. The molecule has 0 aliphatic rings. The molecule has 1 atom stereocenters. The van der Waals surface area contributed by atoms with E-state index in [2.05, 4.69) is 10.6 Å². The molecule has 0 saturated heterocycles. The summed E-state index contributed by atoms with van der Waals surface area (Å²) in [4.78, 5) is 35.1. The van der Waals surface area contributed by atoms with E-state index in [4.69, 9.17) is 32.7 Å². The Morgan fingerprint density at radius 1 is 0.879 bits per heavy atom. The molecule has 12 heteroatoms. The SMILES string of the molecule is O=C(COc1ccc(Cl)c(F)c1)NCCC(CNC(=O)COc1ccc(Cl)c(F)c1)C(=O)O. The smallest absolute Gasteiger partial charge is 0.308 e. The van der Waals surface area contributed by atoms with Crippen molar-refractivity contribution in [3.63, 3.8) is 0 Å². The van der Waals surface area contributed by atoms with Gasteiger partial charge in [-0.15, -0.1) is 0 Å². The third-order valence-corrected chi connectivity index (χ3v) is 4.84. The Hall–Kier alpha value is -3.11. The van der Waals surface area contributed by atoms with Gasteiger partial charge in [0.25, 0.3) is 11.8 Å². The fraction of sp³-hybridized carbons (Fsp3) is 0.286. The van der Waals surface area contributed by atoms with Crippen LogP contribution in [0.15, 0.2) is 36.4 Å². The highest BCUT2D eigenvalue weighted by Gasteiger charge is 2.19. The minimum absolute atomic E-state index is 0.00452. The zero-order valence-corrected chi connectivity index (χ0v) is 18.6. The normalized spacial score (nSPS) is 11.4. The lowest BCUT2D eigenvalue weighted by molar-refractivity contribution is -0.142. The minimum atomic E-state index is -1.17. The lowest BCUT2D eigenvalue weighted by Crippen LogP contribution is -2.38. The number of carboxylic acids is 1. The van der Waals surface area contributed by atoms with Crippen LogP contribution in [0.4, 0.5) is 8.78 Å². The van der Waals surface area contributed by atoms with Gasteiger partial charge in [0.15, 0.2) is 13.2 Å². The summed E-state index contributed by atoms with van der Waals surface area (Å²) in [5.41, 5.74) is 0. The molecule has 178 valence electrons. The number of carbonyl (C=O) groups excluding carboxylic acids is 2. The number of amides is 2. The molecule has 2 rings (SSSR count). The van der Waals surface area contributed by atoms with E-state index in [1.807, 2.05) is 0 Å². The van der Waals surface area contributed by atoms with Gasteiger partial charge in [0, 0.05) is 25.2 Å². The molecule has 33 heavy (non-hydrogen) atoms. The molecule has 0 radical (unpaired) electrons. The molecule has 2 amide bonds. The van der Waals surface area contributed by atoms with Gasteiger partial charge in [0.05, 0.1) is 16.0 Å². The Morgan fingerprint density at radius 2 is 1.36 bits per heavy atom. The number of ether oxygens (including phenoxy) is 2. The number of carbonyl (C=O) groups is 3. The number of hydrogen-bond donors (Lipinski definition) is 3. The van der Waals surface area contributed by atoms with Crippen molar-refractivity contribution in [3.05, 3.63) is 58.1 Å². The molecule has 0 spiro atoms. The minimum Gasteiger partial charge on any atom is -0.484 e. The van der Waals surface area contributed by atoms with Crippen LogP contribution in [-0.4, -0.2) is 49.2 Å². The Morgan fingerprint density at radius 3 is 1.82 bits per heavy atom. The molecular formula is C21H20Cl2F2N2O6. The summed E-state index contributed by atoms with van der Waals surface area (Å²) in [6.07, 6.45) is 0.0280. The van der Waals surface area contributed by atoms with Crippen LogP contribution in [0.3, 0.4) is 0 Å². The molecule has 0 saturated carbocycles. The monoisotopic (exact) mass is 504 g/mol. The van der Waals surface area contributed by atoms with Gasteiger partial charge in [0.1, 0.15) is 23.1 Å². The standard InChI is InChI=1S/C21H20Cl2F2N2O6/c22-15-3-1-13(7-17(15)24)32-10-19(28)26-6-5-12(21(30)31)9-27-20(29)11-33-14-2-4-16(23)18(25)8-14/h1-4,7-8,12H,5-6,9-11H2,(H,26,28)(H,27,29)(H,30,31). The molecule has 0 bridgehead atoms.